The van der Waals surface area contributed by atoms with Crippen molar-refractivity contribution < 1.29 is 9.90 Å². The summed E-state index contributed by atoms with van der Waals surface area (Å²) in [6, 6.07) is 4.92. The largest absolute Gasteiger partial charge is 0.393 e. The van der Waals surface area contributed by atoms with Gasteiger partial charge in [-0.15, -0.1) is 0 Å². The van der Waals surface area contributed by atoms with Crippen molar-refractivity contribution >= 4 is 5.91 Å². The van der Waals surface area contributed by atoms with E-state index in [0.29, 0.717) is 19.5 Å². The molecule has 0 spiro atoms. The minimum absolute atomic E-state index is 0.0757. The molecule has 1 aromatic heterocycles. The summed E-state index contributed by atoms with van der Waals surface area (Å²) in [6.45, 7) is 4.65. The maximum atomic E-state index is 11.6. The van der Waals surface area contributed by atoms with Crippen LogP contribution in [-0.4, -0.2) is 28.2 Å². The normalized spacial score (nSPS) is 13.8. The molecule has 1 rings (SSSR count). The predicted molar refractivity (Wildman–Crippen MR) is 73.8 cm³/mol. The molecule has 0 saturated heterocycles. The van der Waals surface area contributed by atoms with Crippen molar-refractivity contribution in [2.45, 2.75) is 39.3 Å². The molecular weight excluding hydrogens is 244 g/mol. The lowest BCUT2D eigenvalue weighted by Crippen LogP contribution is -2.31. The third kappa shape index (κ3) is 6.20. The fourth-order valence-corrected chi connectivity index (χ4v) is 1.91. The molecule has 1 aromatic rings. The first kappa shape index (κ1) is 15.4. The van der Waals surface area contributed by atoms with Gasteiger partial charge in [0.1, 0.15) is 0 Å². The van der Waals surface area contributed by atoms with E-state index in [1.807, 2.05) is 6.92 Å². The quantitative estimate of drug-likeness (QED) is 0.765. The van der Waals surface area contributed by atoms with Crippen LogP contribution in [0.25, 0.3) is 0 Å². The Kier molecular flexibility index (Phi) is 6.29. The summed E-state index contributed by atoms with van der Waals surface area (Å²) in [6.07, 6.45) is 2.27. The van der Waals surface area contributed by atoms with Crippen LogP contribution in [0.1, 0.15) is 26.7 Å². The summed E-state index contributed by atoms with van der Waals surface area (Å²) in [5.74, 6) is 0.164. The van der Waals surface area contributed by atoms with E-state index in [9.17, 15) is 14.7 Å². The average molecular weight is 266 g/mol. The SMILES string of the molecule is CC(O)CC(C)CNC(=O)CCn1ccccc1=O. The Bertz CT molecular complexity index is 454. The molecule has 0 saturated carbocycles. The van der Waals surface area contributed by atoms with Gasteiger partial charge in [0.05, 0.1) is 6.10 Å². The van der Waals surface area contributed by atoms with Crippen LogP contribution in [0.2, 0.25) is 0 Å². The minimum atomic E-state index is -0.352. The van der Waals surface area contributed by atoms with Crippen LogP contribution in [0.15, 0.2) is 29.2 Å². The number of hydrogen-bond acceptors (Lipinski definition) is 3. The number of aryl methyl sites for hydroxylation is 1. The Morgan fingerprint density at radius 1 is 1.42 bits per heavy atom. The van der Waals surface area contributed by atoms with Crippen molar-refractivity contribution in [1.82, 2.24) is 9.88 Å². The first-order valence-corrected chi connectivity index (χ1v) is 6.59. The molecule has 0 radical (unpaired) electrons. The number of amides is 1. The molecule has 106 valence electrons. The molecule has 1 amide bonds. The van der Waals surface area contributed by atoms with Crippen molar-refractivity contribution in [2.75, 3.05) is 6.54 Å². The van der Waals surface area contributed by atoms with Gasteiger partial charge in [-0.2, -0.15) is 0 Å². The van der Waals surface area contributed by atoms with E-state index < -0.39 is 0 Å². The van der Waals surface area contributed by atoms with Gasteiger partial charge in [-0.3, -0.25) is 9.59 Å². The fourth-order valence-electron chi connectivity index (χ4n) is 1.91. The lowest BCUT2D eigenvalue weighted by molar-refractivity contribution is -0.121. The zero-order valence-corrected chi connectivity index (χ0v) is 11.5. The average Bonchev–Trinajstić information content (AvgIpc) is 2.34. The molecule has 0 aliphatic heterocycles. The van der Waals surface area contributed by atoms with Gasteiger partial charge in [-0.05, 0) is 25.3 Å². The van der Waals surface area contributed by atoms with Crippen molar-refractivity contribution in [1.29, 1.82) is 0 Å². The Morgan fingerprint density at radius 3 is 2.79 bits per heavy atom. The van der Waals surface area contributed by atoms with Crippen LogP contribution in [0.3, 0.4) is 0 Å². The number of aliphatic hydroxyl groups excluding tert-OH is 1. The zero-order chi connectivity index (χ0) is 14.3. The molecule has 0 aliphatic rings. The van der Waals surface area contributed by atoms with Crippen LogP contribution in [0.4, 0.5) is 0 Å². The van der Waals surface area contributed by atoms with Gasteiger partial charge in [0.25, 0.3) is 5.56 Å². The zero-order valence-electron chi connectivity index (χ0n) is 11.5. The number of carbonyl (C=O) groups excluding carboxylic acids is 1. The van der Waals surface area contributed by atoms with Crippen molar-refractivity contribution in [3.63, 3.8) is 0 Å². The third-order valence-corrected chi connectivity index (χ3v) is 2.87. The minimum Gasteiger partial charge on any atom is -0.393 e. The third-order valence-electron chi connectivity index (χ3n) is 2.87. The second-order valence-corrected chi connectivity index (χ2v) is 4.98. The van der Waals surface area contributed by atoms with E-state index in [1.165, 1.54) is 10.6 Å². The lowest BCUT2D eigenvalue weighted by atomic mass is 10.0. The van der Waals surface area contributed by atoms with Gasteiger partial charge in [-0.25, -0.2) is 0 Å². The second-order valence-electron chi connectivity index (χ2n) is 4.98. The first-order chi connectivity index (χ1) is 8.99. The van der Waals surface area contributed by atoms with Gasteiger partial charge in [0, 0.05) is 31.8 Å². The van der Waals surface area contributed by atoms with E-state index in [4.69, 9.17) is 0 Å². The Hall–Kier alpha value is -1.62. The number of nitrogens with one attached hydrogen (secondary N) is 1. The van der Waals surface area contributed by atoms with Gasteiger partial charge >= 0.3 is 0 Å². The Labute approximate surface area is 113 Å². The number of aromatic nitrogens is 1. The second kappa shape index (κ2) is 7.74. The van der Waals surface area contributed by atoms with Crippen LogP contribution < -0.4 is 10.9 Å². The standard InChI is InChI=1S/C14H22N2O3/c1-11(9-12(2)17)10-15-13(18)6-8-16-7-4-3-5-14(16)19/h3-5,7,11-12,17H,6,8-10H2,1-2H3,(H,15,18). The molecule has 2 unspecified atom stereocenters. The highest BCUT2D eigenvalue weighted by molar-refractivity contribution is 5.75. The first-order valence-electron chi connectivity index (χ1n) is 6.59. The number of rotatable bonds is 7. The molecule has 2 N–H and O–H groups in total. The molecule has 5 nitrogen and oxygen atoms in total. The maximum absolute atomic E-state index is 11.6. The highest BCUT2D eigenvalue weighted by Crippen LogP contribution is 2.03. The monoisotopic (exact) mass is 266 g/mol. The predicted octanol–water partition coefficient (Wildman–Crippen LogP) is 0.762. The molecule has 0 aromatic carbocycles. The number of aliphatic hydroxyl groups is 1. The molecule has 19 heavy (non-hydrogen) atoms. The summed E-state index contributed by atoms with van der Waals surface area (Å²) in [5.41, 5.74) is -0.0993. The summed E-state index contributed by atoms with van der Waals surface area (Å²) in [5, 5.41) is 12.0. The molecule has 5 heteroatoms. The molecule has 0 fully saturated rings. The van der Waals surface area contributed by atoms with Gasteiger partial charge < -0.3 is 15.0 Å². The van der Waals surface area contributed by atoms with Gasteiger partial charge in [-0.1, -0.05) is 13.0 Å². The number of nitrogens with zero attached hydrogens (tertiary/aromatic N) is 1. The van der Waals surface area contributed by atoms with E-state index >= 15 is 0 Å². The molecule has 0 aliphatic carbocycles. The van der Waals surface area contributed by atoms with E-state index in [1.54, 1.807) is 25.3 Å². The Morgan fingerprint density at radius 2 is 2.16 bits per heavy atom. The van der Waals surface area contributed by atoms with E-state index in [0.717, 1.165) is 0 Å². The van der Waals surface area contributed by atoms with Crippen LogP contribution in [-0.2, 0) is 11.3 Å². The number of pyridine rings is 1. The lowest BCUT2D eigenvalue weighted by Gasteiger charge is -2.14. The molecule has 0 bridgehead atoms. The molecule has 1 heterocycles. The summed E-state index contributed by atoms with van der Waals surface area (Å²) in [7, 11) is 0. The molecular formula is C14H22N2O3. The van der Waals surface area contributed by atoms with Crippen LogP contribution in [0, 0.1) is 5.92 Å². The van der Waals surface area contributed by atoms with Gasteiger partial charge in [0.2, 0.25) is 5.91 Å². The number of carbonyl (C=O) groups is 1. The van der Waals surface area contributed by atoms with Gasteiger partial charge in [0.15, 0.2) is 0 Å². The Balaban J connectivity index is 2.29. The smallest absolute Gasteiger partial charge is 0.250 e. The van der Waals surface area contributed by atoms with Crippen molar-refractivity contribution in [3.8, 4) is 0 Å². The van der Waals surface area contributed by atoms with Crippen molar-refractivity contribution in [2.24, 2.45) is 5.92 Å². The summed E-state index contributed by atoms with van der Waals surface area (Å²) in [4.78, 5) is 23.1. The summed E-state index contributed by atoms with van der Waals surface area (Å²) < 4.78 is 1.51. The summed E-state index contributed by atoms with van der Waals surface area (Å²) >= 11 is 0. The topological polar surface area (TPSA) is 71.3 Å². The maximum Gasteiger partial charge on any atom is 0.250 e. The van der Waals surface area contributed by atoms with Crippen molar-refractivity contribution in [3.05, 3.63) is 34.7 Å². The fraction of sp³-hybridized carbons (Fsp3) is 0.571. The highest BCUT2D eigenvalue weighted by Gasteiger charge is 2.08. The van der Waals surface area contributed by atoms with E-state index in [2.05, 4.69) is 5.32 Å². The van der Waals surface area contributed by atoms with E-state index in [-0.39, 0.29) is 29.9 Å². The number of hydrogen-bond donors (Lipinski definition) is 2. The van der Waals surface area contributed by atoms with Crippen LogP contribution in [0.5, 0.6) is 0 Å². The molecule has 2 atom stereocenters. The highest BCUT2D eigenvalue weighted by atomic mass is 16.3. The van der Waals surface area contributed by atoms with Crippen LogP contribution >= 0.6 is 0 Å².